The van der Waals surface area contributed by atoms with Gasteiger partial charge in [0.2, 0.25) is 0 Å². The average Bonchev–Trinajstić information content (AvgIpc) is 2.58. The normalized spacial score (nSPS) is 18.7. The molecule has 0 heterocycles. The van der Waals surface area contributed by atoms with Gasteiger partial charge in [-0.15, -0.1) is 0 Å². The van der Waals surface area contributed by atoms with Gasteiger partial charge in [-0.05, 0) is 29.9 Å². The zero-order valence-corrected chi connectivity index (χ0v) is 9.71. The van der Waals surface area contributed by atoms with Crippen LogP contribution >= 0.6 is 0 Å². The van der Waals surface area contributed by atoms with E-state index in [1.165, 1.54) is 24.0 Å². The summed E-state index contributed by atoms with van der Waals surface area (Å²) >= 11 is 0. The number of rotatable bonds is 2. The van der Waals surface area contributed by atoms with E-state index in [1.807, 2.05) is 12.1 Å². The Morgan fingerprint density at radius 3 is 2.53 bits per heavy atom. The molecule has 0 amide bonds. The second kappa shape index (κ2) is 3.73. The van der Waals surface area contributed by atoms with Gasteiger partial charge in [-0.1, -0.05) is 38.1 Å². The highest BCUT2D eigenvalue weighted by molar-refractivity contribution is 5.75. The van der Waals surface area contributed by atoms with Crippen LogP contribution in [0.15, 0.2) is 30.3 Å². The fourth-order valence-electron chi connectivity index (χ4n) is 2.33. The van der Waals surface area contributed by atoms with E-state index in [-0.39, 0.29) is 5.41 Å². The lowest BCUT2D eigenvalue weighted by Gasteiger charge is -2.24. The van der Waals surface area contributed by atoms with Crippen LogP contribution in [0.3, 0.4) is 0 Å². The van der Waals surface area contributed by atoms with Crippen molar-refractivity contribution in [3.8, 4) is 5.75 Å². The number of benzene rings is 1. The lowest BCUT2D eigenvalue weighted by atomic mass is 9.82. The zero-order valence-electron chi connectivity index (χ0n) is 9.71. The maximum atomic E-state index is 5.41. The Kier molecular flexibility index (Phi) is 2.56. The van der Waals surface area contributed by atoms with Crippen molar-refractivity contribution >= 4 is 5.57 Å². The molecule has 0 aliphatic heterocycles. The number of hydrogen-bond donors (Lipinski definition) is 0. The smallest absolute Gasteiger partial charge is 0.126 e. The number of para-hydroxylation sites is 1. The molecule has 0 spiro atoms. The molecule has 0 unspecified atom stereocenters. The largest absolute Gasteiger partial charge is 0.496 e. The molecule has 1 aromatic rings. The minimum Gasteiger partial charge on any atom is -0.496 e. The van der Waals surface area contributed by atoms with Crippen LogP contribution in [0.5, 0.6) is 5.75 Å². The van der Waals surface area contributed by atoms with Gasteiger partial charge in [0.25, 0.3) is 0 Å². The lowest BCUT2D eigenvalue weighted by molar-refractivity contribution is 0.410. The molecule has 0 saturated heterocycles. The van der Waals surface area contributed by atoms with Gasteiger partial charge in [0.1, 0.15) is 5.75 Å². The maximum absolute atomic E-state index is 5.41. The van der Waals surface area contributed by atoms with Gasteiger partial charge in [-0.2, -0.15) is 0 Å². The Morgan fingerprint density at radius 2 is 1.93 bits per heavy atom. The molecule has 80 valence electrons. The monoisotopic (exact) mass is 202 g/mol. The SMILES string of the molecule is COc1ccccc1C1=CCCC1(C)C. The minimum atomic E-state index is 0.286. The third-order valence-electron chi connectivity index (χ3n) is 3.24. The molecule has 1 aromatic carbocycles. The molecule has 0 bridgehead atoms. The predicted molar refractivity (Wildman–Crippen MR) is 64.0 cm³/mol. The Hall–Kier alpha value is -1.24. The van der Waals surface area contributed by atoms with Crippen molar-refractivity contribution in [2.24, 2.45) is 5.41 Å². The van der Waals surface area contributed by atoms with Crippen molar-refractivity contribution in [1.29, 1.82) is 0 Å². The molecule has 0 N–H and O–H groups in total. The Bertz CT molecular complexity index is 388. The van der Waals surface area contributed by atoms with Gasteiger partial charge in [-0.3, -0.25) is 0 Å². The van der Waals surface area contributed by atoms with Crippen LogP contribution in [0.25, 0.3) is 5.57 Å². The van der Waals surface area contributed by atoms with Crippen molar-refractivity contribution in [2.45, 2.75) is 26.7 Å². The first kappa shape index (κ1) is 10.3. The molecule has 0 aromatic heterocycles. The molecule has 0 fully saturated rings. The predicted octanol–water partition coefficient (Wildman–Crippen LogP) is 3.90. The zero-order chi connectivity index (χ0) is 10.9. The van der Waals surface area contributed by atoms with Gasteiger partial charge in [0.15, 0.2) is 0 Å². The standard InChI is InChI=1S/C14H18O/c1-14(2)10-6-8-12(14)11-7-4-5-9-13(11)15-3/h4-5,7-9H,6,10H2,1-3H3. The molecule has 2 rings (SSSR count). The molecule has 1 aliphatic carbocycles. The highest BCUT2D eigenvalue weighted by Gasteiger charge is 2.29. The van der Waals surface area contributed by atoms with Crippen LogP contribution in [0.4, 0.5) is 0 Å². The average molecular weight is 202 g/mol. The third-order valence-corrected chi connectivity index (χ3v) is 3.24. The van der Waals surface area contributed by atoms with Crippen molar-refractivity contribution in [3.63, 3.8) is 0 Å². The molecular formula is C14H18O. The molecule has 1 heteroatoms. The van der Waals surface area contributed by atoms with Gasteiger partial charge in [0, 0.05) is 5.56 Å². The van der Waals surface area contributed by atoms with Crippen molar-refractivity contribution in [3.05, 3.63) is 35.9 Å². The maximum Gasteiger partial charge on any atom is 0.126 e. The summed E-state index contributed by atoms with van der Waals surface area (Å²) in [6, 6.07) is 8.28. The van der Waals surface area contributed by atoms with Crippen LogP contribution in [0.2, 0.25) is 0 Å². The first-order chi connectivity index (χ1) is 7.15. The molecular weight excluding hydrogens is 184 g/mol. The topological polar surface area (TPSA) is 9.23 Å². The van der Waals surface area contributed by atoms with Crippen LogP contribution in [-0.2, 0) is 0 Å². The summed E-state index contributed by atoms with van der Waals surface area (Å²) in [6.45, 7) is 4.61. The van der Waals surface area contributed by atoms with Crippen molar-refractivity contribution in [2.75, 3.05) is 7.11 Å². The molecule has 0 saturated carbocycles. The van der Waals surface area contributed by atoms with E-state index in [9.17, 15) is 0 Å². The van der Waals surface area contributed by atoms with E-state index < -0.39 is 0 Å². The lowest BCUT2D eigenvalue weighted by Crippen LogP contribution is -2.09. The summed E-state index contributed by atoms with van der Waals surface area (Å²) in [6.07, 6.45) is 4.76. The third kappa shape index (κ3) is 1.79. The number of ether oxygens (including phenoxy) is 1. The summed E-state index contributed by atoms with van der Waals surface area (Å²) in [4.78, 5) is 0. The summed E-state index contributed by atoms with van der Waals surface area (Å²) in [5.74, 6) is 0.985. The highest BCUT2D eigenvalue weighted by Crippen LogP contribution is 2.46. The minimum absolute atomic E-state index is 0.286. The fourth-order valence-corrected chi connectivity index (χ4v) is 2.33. The molecule has 1 nitrogen and oxygen atoms in total. The second-order valence-corrected chi connectivity index (χ2v) is 4.74. The number of methoxy groups -OCH3 is 1. The fraction of sp³-hybridized carbons (Fsp3) is 0.429. The first-order valence-electron chi connectivity index (χ1n) is 5.49. The summed E-state index contributed by atoms with van der Waals surface area (Å²) < 4.78 is 5.41. The van der Waals surface area contributed by atoms with Gasteiger partial charge in [-0.25, -0.2) is 0 Å². The van der Waals surface area contributed by atoms with Gasteiger partial charge >= 0.3 is 0 Å². The quantitative estimate of drug-likeness (QED) is 0.706. The van der Waals surface area contributed by atoms with Crippen molar-refractivity contribution < 1.29 is 4.74 Å². The number of hydrogen-bond acceptors (Lipinski definition) is 1. The van der Waals surface area contributed by atoms with Crippen molar-refractivity contribution in [1.82, 2.24) is 0 Å². The number of allylic oxidation sites excluding steroid dienone is 2. The molecule has 1 aliphatic rings. The Balaban J connectivity index is 2.46. The summed E-state index contributed by atoms with van der Waals surface area (Å²) in [5.41, 5.74) is 2.97. The van der Waals surface area contributed by atoms with Gasteiger partial charge < -0.3 is 4.74 Å². The summed E-state index contributed by atoms with van der Waals surface area (Å²) in [5, 5.41) is 0. The van der Waals surface area contributed by atoms with E-state index in [0.29, 0.717) is 0 Å². The van der Waals surface area contributed by atoms with E-state index in [1.54, 1.807) is 7.11 Å². The van der Waals surface area contributed by atoms with E-state index in [2.05, 4.69) is 32.1 Å². The molecule has 0 atom stereocenters. The summed E-state index contributed by atoms with van der Waals surface area (Å²) in [7, 11) is 1.74. The second-order valence-electron chi connectivity index (χ2n) is 4.74. The Morgan fingerprint density at radius 1 is 1.20 bits per heavy atom. The highest BCUT2D eigenvalue weighted by atomic mass is 16.5. The molecule has 0 radical (unpaired) electrons. The van der Waals surface area contributed by atoms with E-state index in [4.69, 9.17) is 4.74 Å². The van der Waals surface area contributed by atoms with E-state index in [0.717, 1.165) is 5.75 Å². The van der Waals surface area contributed by atoms with Crippen LogP contribution in [0, 0.1) is 5.41 Å². The Labute approximate surface area is 91.8 Å². The van der Waals surface area contributed by atoms with E-state index >= 15 is 0 Å². The first-order valence-corrected chi connectivity index (χ1v) is 5.49. The van der Waals surface area contributed by atoms with Gasteiger partial charge in [0.05, 0.1) is 7.11 Å². The van der Waals surface area contributed by atoms with Crippen LogP contribution < -0.4 is 4.74 Å². The molecule has 15 heavy (non-hydrogen) atoms. The van der Waals surface area contributed by atoms with Crippen LogP contribution in [-0.4, -0.2) is 7.11 Å². The van der Waals surface area contributed by atoms with Crippen LogP contribution in [0.1, 0.15) is 32.3 Å².